The molecule has 0 aliphatic rings. The number of amides is 1. The first-order chi connectivity index (χ1) is 25.8. The highest BCUT2D eigenvalue weighted by molar-refractivity contribution is 8.13. The maximum absolute atomic E-state index is 12.4. The second-order valence-corrected chi connectivity index (χ2v) is 17.3. The van der Waals surface area contributed by atoms with Gasteiger partial charge in [-0.3, -0.25) is 0 Å². The molecule has 328 valence electrons. The quantitative estimate of drug-likeness (QED) is 0.0227. The maximum Gasteiger partial charge on any atom is 0.480 e. The van der Waals surface area contributed by atoms with Crippen molar-refractivity contribution in [3.63, 3.8) is 0 Å². The molecule has 1 amide bonds. The number of alkyl carbamates (subject to hydrolysis) is 1. The van der Waals surface area contributed by atoms with Gasteiger partial charge in [0, 0.05) is 6.54 Å². The Morgan fingerprint density at radius 1 is 0.600 bits per heavy atom. The highest BCUT2D eigenvalue weighted by atomic mass is 32.3. The van der Waals surface area contributed by atoms with Crippen LogP contribution in [0, 0.1) is 0 Å². The number of isocyanates is 1. The van der Waals surface area contributed by atoms with E-state index >= 15 is 0 Å². The molecule has 0 spiro atoms. The van der Waals surface area contributed by atoms with E-state index < -0.39 is 31.1 Å². The molecule has 0 aromatic heterocycles. The molecule has 0 aromatic carbocycles. The molecular formula is C36H68F6N4O7S2. The summed E-state index contributed by atoms with van der Waals surface area (Å²) in [4.78, 5) is 26.1. The molecule has 0 heterocycles. The summed E-state index contributed by atoms with van der Waals surface area (Å²) in [6.45, 7) is 13.2. The monoisotopic (exact) mass is 846 g/mol. The molecule has 11 nitrogen and oxygen atoms in total. The van der Waals surface area contributed by atoms with Crippen molar-refractivity contribution in [2.75, 3.05) is 45.9 Å². The van der Waals surface area contributed by atoms with Gasteiger partial charge < -0.3 is 18.7 Å². The van der Waals surface area contributed by atoms with Crippen LogP contribution in [-0.2, 0) is 29.6 Å². The molecule has 19 heteroatoms. The molecule has 0 aliphatic carbocycles. The third kappa shape index (κ3) is 29.9. The Kier molecular flexibility index (Phi) is 32.1. The minimum atomic E-state index is -6.72. The number of hydrogen-bond acceptors (Lipinski definition) is 8. The molecular weight excluding hydrogens is 779 g/mol. The van der Waals surface area contributed by atoms with Crippen molar-refractivity contribution >= 4 is 32.2 Å². The van der Waals surface area contributed by atoms with Gasteiger partial charge >= 0.3 is 17.1 Å². The normalized spacial score (nSPS) is 12.5. The molecule has 0 atom stereocenters. The number of carbonyl (C=O) groups excluding carboxylic acids is 2. The zero-order valence-corrected chi connectivity index (χ0v) is 34.9. The third-order valence-corrected chi connectivity index (χ3v) is 11.8. The molecule has 0 rings (SSSR count). The van der Waals surface area contributed by atoms with Gasteiger partial charge in [0.15, 0.2) is 20.0 Å². The molecule has 0 aromatic rings. The summed E-state index contributed by atoms with van der Waals surface area (Å²) in [5.74, 6) is 0. The fourth-order valence-corrected chi connectivity index (χ4v) is 7.57. The highest BCUT2D eigenvalue weighted by Gasteiger charge is 2.47. The number of nitrogens with one attached hydrogen (secondary N) is 1. The zero-order valence-electron chi connectivity index (χ0n) is 33.3. The van der Waals surface area contributed by atoms with Crippen LogP contribution in [0.5, 0.6) is 0 Å². The van der Waals surface area contributed by atoms with Gasteiger partial charge in [0.1, 0.15) is 13.2 Å². The SMILES string of the molecule is CCCCCCCC[N+](CCCCCCCC)(CCCCCCCC)CCOC(=O)NCCCCCCN=C=O.O=S(=O)([N-]S(=O)(=O)C(F)(F)F)C(F)(F)F. The largest absolute Gasteiger partial charge is 0.480 e. The Labute approximate surface area is 326 Å². The van der Waals surface area contributed by atoms with Crippen molar-refractivity contribution in [1.29, 1.82) is 0 Å². The Balaban J connectivity index is 0. The predicted molar refractivity (Wildman–Crippen MR) is 204 cm³/mol. The van der Waals surface area contributed by atoms with E-state index in [1.807, 2.05) is 0 Å². The number of aliphatic imine (C=N–C) groups is 1. The van der Waals surface area contributed by atoms with Gasteiger partial charge in [0.2, 0.25) is 6.08 Å². The number of hydrogen-bond donors (Lipinski definition) is 1. The van der Waals surface area contributed by atoms with Gasteiger partial charge in [0.05, 0.1) is 26.2 Å². The van der Waals surface area contributed by atoms with Crippen molar-refractivity contribution in [2.24, 2.45) is 4.99 Å². The standard InChI is InChI=1S/C34H67N3O3.C2F6NO4S2/c1-4-7-10-13-18-23-28-37(29-24-19-14-11-8-5-2,30-25-20-15-12-9-6-3)31-32-40-34(39)36-27-22-17-16-21-26-35-33-38;3-1(4,5)14(10,11)9-15(12,13)2(6,7)8/h4-32H2,1-3H3;/q;-1/p+1. The van der Waals surface area contributed by atoms with Crippen molar-refractivity contribution in [3.05, 3.63) is 4.13 Å². The van der Waals surface area contributed by atoms with E-state index in [-0.39, 0.29) is 6.09 Å². The first-order valence-corrected chi connectivity index (χ1v) is 22.9. The van der Waals surface area contributed by atoms with Crippen molar-refractivity contribution in [3.8, 4) is 0 Å². The highest BCUT2D eigenvalue weighted by Crippen LogP contribution is 2.36. The number of nitrogens with zero attached hydrogens (tertiary/aromatic N) is 3. The minimum absolute atomic E-state index is 0.276. The fraction of sp³-hybridized carbons (Fsp3) is 0.944. The lowest BCUT2D eigenvalue weighted by Gasteiger charge is -2.39. The van der Waals surface area contributed by atoms with Gasteiger partial charge in [-0.25, -0.2) is 31.4 Å². The molecule has 0 unspecified atom stereocenters. The van der Waals surface area contributed by atoms with E-state index in [1.54, 1.807) is 6.08 Å². The Morgan fingerprint density at radius 3 is 1.35 bits per heavy atom. The lowest BCUT2D eigenvalue weighted by molar-refractivity contribution is -0.929. The molecule has 0 bridgehead atoms. The lowest BCUT2D eigenvalue weighted by atomic mass is 10.1. The average Bonchev–Trinajstić information content (AvgIpc) is 3.09. The summed E-state index contributed by atoms with van der Waals surface area (Å²) in [6.07, 6.45) is 29.1. The zero-order chi connectivity index (χ0) is 42.1. The third-order valence-electron chi connectivity index (χ3n) is 9.07. The summed E-state index contributed by atoms with van der Waals surface area (Å²) >= 11 is 0. The first kappa shape index (κ1) is 55.1. The van der Waals surface area contributed by atoms with Crippen molar-refractivity contribution < 1.29 is 62.0 Å². The second kappa shape index (κ2) is 32.1. The van der Waals surface area contributed by atoms with E-state index in [1.165, 1.54) is 135 Å². The number of unbranched alkanes of at least 4 members (excludes halogenated alkanes) is 18. The van der Waals surface area contributed by atoms with Crippen LogP contribution in [0.3, 0.4) is 0 Å². The predicted octanol–water partition coefficient (Wildman–Crippen LogP) is 10.6. The first-order valence-electron chi connectivity index (χ1n) is 20.0. The number of rotatable bonds is 33. The van der Waals surface area contributed by atoms with Crippen LogP contribution >= 0.6 is 0 Å². The van der Waals surface area contributed by atoms with Gasteiger partial charge in [-0.05, 0) is 51.4 Å². The summed E-state index contributed by atoms with van der Waals surface area (Å²) in [5, 5.41) is 2.93. The Morgan fingerprint density at radius 2 is 0.964 bits per heavy atom. The Bertz CT molecular complexity index is 1150. The molecule has 0 saturated carbocycles. The fourth-order valence-electron chi connectivity index (χ4n) is 5.86. The topological polar surface area (TPSA) is 150 Å². The Hall–Kier alpha value is -1.95. The van der Waals surface area contributed by atoms with Crippen LogP contribution in [0.4, 0.5) is 31.1 Å². The van der Waals surface area contributed by atoms with Gasteiger partial charge in [-0.2, -0.15) is 26.3 Å². The molecule has 0 aliphatic heterocycles. The number of halogens is 6. The maximum atomic E-state index is 12.4. The van der Waals surface area contributed by atoms with Crippen molar-refractivity contribution in [2.45, 2.75) is 173 Å². The second-order valence-electron chi connectivity index (χ2n) is 13.9. The van der Waals surface area contributed by atoms with E-state index in [2.05, 4.69) is 31.1 Å². The number of carbonyl (C=O) groups is 1. The molecule has 0 fully saturated rings. The van der Waals surface area contributed by atoms with Crippen molar-refractivity contribution in [1.82, 2.24) is 5.32 Å². The van der Waals surface area contributed by atoms with Crippen LogP contribution in [-0.4, -0.2) is 90.4 Å². The van der Waals surface area contributed by atoms with Crippen LogP contribution in [0.1, 0.15) is 162 Å². The van der Waals surface area contributed by atoms with Gasteiger partial charge in [0.25, 0.3) is 0 Å². The van der Waals surface area contributed by atoms with Gasteiger partial charge in [-0.15, -0.1) is 0 Å². The minimum Gasteiger partial charge on any atom is -0.444 e. The summed E-state index contributed by atoms with van der Waals surface area (Å²) in [5.41, 5.74) is -12.4. The average molecular weight is 847 g/mol. The number of sulfonamides is 2. The summed E-state index contributed by atoms with van der Waals surface area (Å²) in [7, 11) is -13.4. The van der Waals surface area contributed by atoms with Crippen LogP contribution in [0.15, 0.2) is 4.99 Å². The molecule has 0 saturated heterocycles. The summed E-state index contributed by atoms with van der Waals surface area (Å²) in [6, 6.07) is 0. The van der Waals surface area contributed by atoms with Crippen LogP contribution < -0.4 is 5.32 Å². The number of ether oxygens (including phenoxy) is 1. The molecule has 1 N–H and O–H groups in total. The van der Waals surface area contributed by atoms with E-state index in [9.17, 15) is 52.8 Å². The van der Waals surface area contributed by atoms with Crippen LogP contribution in [0.2, 0.25) is 0 Å². The van der Waals surface area contributed by atoms with E-state index in [0.717, 1.165) is 40.8 Å². The van der Waals surface area contributed by atoms with Gasteiger partial charge in [-0.1, -0.05) is 111 Å². The number of alkyl halides is 6. The molecule has 55 heavy (non-hydrogen) atoms. The smallest absolute Gasteiger partial charge is 0.444 e. The van der Waals surface area contributed by atoms with E-state index in [0.29, 0.717) is 19.7 Å². The van der Waals surface area contributed by atoms with E-state index in [4.69, 9.17) is 4.74 Å². The molecule has 0 radical (unpaired) electrons. The van der Waals surface area contributed by atoms with Crippen LogP contribution in [0.25, 0.3) is 4.13 Å². The summed E-state index contributed by atoms with van der Waals surface area (Å²) < 4.78 is 116. The lowest BCUT2D eigenvalue weighted by Crippen LogP contribution is -2.52. The number of quaternary nitrogens is 1.